The lowest BCUT2D eigenvalue weighted by atomic mass is 10.0. The molecule has 0 bridgehead atoms. The number of hydrogen-bond acceptors (Lipinski definition) is 5. The van der Waals surface area contributed by atoms with Gasteiger partial charge in [0.05, 0.1) is 29.2 Å². The van der Waals surface area contributed by atoms with Crippen LogP contribution in [-0.4, -0.2) is 66.7 Å². The fourth-order valence-electron chi connectivity index (χ4n) is 3.81. The highest BCUT2D eigenvalue weighted by Crippen LogP contribution is 2.30. The van der Waals surface area contributed by atoms with E-state index in [2.05, 4.69) is 0 Å². The Kier molecular flexibility index (Phi) is 4.43. The van der Waals surface area contributed by atoms with Crippen LogP contribution in [0.15, 0.2) is 10.5 Å². The number of furan rings is 1. The highest BCUT2D eigenvalue weighted by Gasteiger charge is 2.49. The zero-order chi connectivity index (χ0) is 18.5. The van der Waals surface area contributed by atoms with Crippen molar-refractivity contribution in [2.75, 3.05) is 24.6 Å². The molecule has 2 amide bonds. The number of nitrogens with zero attached hydrogens (tertiary/aromatic N) is 2. The maximum atomic E-state index is 13.0. The predicted octanol–water partition coefficient (Wildman–Crippen LogP) is 1.00. The van der Waals surface area contributed by atoms with Crippen LogP contribution in [0.5, 0.6) is 0 Å². The van der Waals surface area contributed by atoms with Crippen molar-refractivity contribution < 1.29 is 22.4 Å². The van der Waals surface area contributed by atoms with Crippen molar-refractivity contribution in [3.63, 3.8) is 0 Å². The topological polar surface area (TPSA) is 87.9 Å². The van der Waals surface area contributed by atoms with Gasteiger partial charge in [0.1, 0.15) is 11.5 Å². The zero-order valence-electron chi connectivity index (χ0n) is 15.0. The Hall–Kier alpha value is -1.83. The van der Waals surface area contributed by atoms with Gasteiger partial charge in [-0.25, -0.2) is 8.42 Å². The number of hydrogen-bond donors (Lipinski definition) is 0. The molecular formula is C17H24N2O5S. The summed E-state index contributed by atoms with van der Waals surface area (Å²) in [4.78, 5) is 28.7. The fraction of sp³-hybridized carbons (Fsp3) is 0.647. The van der Waals surface area contributed by atoms with E-state index in [0.717, 1.165) is 0 Å². The van der Waals surface area contributed by atoms with E-state index in [4.69, 9.17) is 4.42 Å². The molecule has 2 atom stereocenters. The lowest BCUT2D eigenvalue weighted by Gasteiger charge is -2.44. The van der Waals surface area contributed by atoms with Gasteiger partial charge in [0.15, 0.2) is 9.84 Å². The summed E-state index contributed by atoms with van der Waals surface area (Å²) < 4.78 is 29.9. The van der Waals surface area contributed by atoms with Gasteiger partial charge in [0.2, 0.25) is 5.91 Å². The molecule has 2 fully saturated rings. The fourth-order valence-corrected chi connectivity index (χ4v) is 5.79. The molecule has 3 heterocycles. The number of rotatable bonds is 2. The van der Waals surface area contributed by atoms with E-state index in [1.807, 2.05) is 0 Å². The van der Waals surface area contributed by atoms with Crippen molar-refractivity contribution in [1.29, 1.82) is 0 Å². The van der Waals surface area contributed by atoms with Crippen LogP contribution < -0.4 is 0 Å². The summed E-state index contributed by atoms with van der Waals surface area (Å²) in [6, 6.07) is 0.719. The predicted molar refractivity (Wildman–Crippen MR) is 92.0 cm³/mol. The standard InChI is InChI=1S/C17H24N2O5S/c1-10(2)16(20)18-5-6-19(15-9-25(22,23)8-14(15)18)17(21)13-7-11(3)24-12(13)4/h7,10,14-15H,5-6,8-9H2,1-4H3/t14-,15+/m0/s1. The van der Waals surface area contributed by atoms with E-state index in [-0.39, 0.29) is 29.2 Å². The van der Waals surface area contributed by atoms with Crippen LogP contribution in [0.4, 0.5) is 0 Å². The number of carbonyl (C=O) groups excluding carboxylic acids is 2. The van der Waals surface area contributed by atoms with Gasteiger partial charge in [-0.3, -0.25) is 9.59 Å². The molecule has 2 aliphatic rings. The first-order chi connectivity index (χ1) is 11.6. The van der Waals surface area contributed by atoms with Crippen molar-refractivity contribution in [2.24, 2.45) is 5.92 Å². The first kappa shape index (κ1) is 18.0. The van der Waals surface area contributed by atoms with Gasteiger partial charge < -0.3 is 14.2 Å². The van der Waals surface area contributed by atoms with Crippen LogP contribution in [0.3, 0.4) is 0 Å². The first-order valence-corrected chi connectivity index (χ1v) is 10.3. The molecular weight excluding hydrogens is 344 g/mol. The van der Waals surface area contributed by atoms with Crippen LogP contribution in [-0.2, 0) is 14.6 Å². The van der Waals surface area contributed by atoms with Gasteiger partial charge in [-0.15, -0.1) is 0 Å². The molecule has 0 radical (unpaired) electrons. The highest BCUT2D eigenvalue weighted by molar-refractivity contribution is 7.91. The minimum Gasteiger partial charge on any atom is -0.466 e. The van der Waals surface area contributed by atoms with Crippen molar-refractivity contribution in [3.8, 4) is 0 Å². The van der Waals surface area contributed by atoms with E-state index in [1.54, 1.807) is 43.6 Å². The van der Waals surface area contributed by atoms with E-state index < -0.39 is 21.9 Å². The monoisotopic (exact) mass is 368 g/mol. The first-order valence-electron chi connectivity index (χ1n) is 8.49. The maximum absolute atomic E-state index is 13.0. The molecule has 2 saturated heterocycles. The second kappa shape index (κ2) is 6.16. The summed E-state index contributed by atoms with van der Waals surface area (Å²) in [5.41, 5.74) is 0.462. The van der Waals surface area contributed by atoms with E-state index in [1.165, 1.54) is 0 Å². The van der Waals surface area contributed by atoms with Gasteiger partial charge in [0, 0.05) is 19.0 Å². The second-order valence-electron chi connectivity index (χ2n) is 7.22. The number of carbonyl (C=O) groups is 2. The van der Waals surface area contributed by atoms with Crippen LogP contribution in [0.25, 0.3) is 0 Å². The summed E-state index contributed by atoms with van der Waals surface area (Å²) in [6.07, 6.45) is 0. The zero-order valence-corrected chi connectivity index (χ0v) is 15.8. The molecule has 0 saturated carbocycles. The molecule has 0 unspecified atom stereocenters. The van der Waals surface area contributed by atoms with E-state index >= 15 is 0 Å². The minimum absolute atomic E-state index is 0.0606. The van der Waals surface area contributed by atoms with Gasteiger partial charge >= 0.3 is 0 Å². The van der Waals surface area contributed by atoms with Crippen molar-refractivity contribution in [1.82, 2.24) is 9.80 Å². The number of sulfone groups is 1. The lowest BCUT2D eigenvalue weighted by molar-refractivity contribution is -0.139. The van der Waals surface area contributed by atoms with Crippen molar-refractivity contribution in [2.45, 2.75) is 39.8 Å². The van der Waals surface area contributed by atoms with Gasteiger partial charge in [-0.1, -0.05) is 13.8 Å². The number of fused-ring (bicyclic) bond motifs is 1. The van der Waals surface area contributed by atoms with E-state index in [9.17, 15) is 18.0 Å². The number of aryl methyl sites for hydroxylation is 2. The summed E-state index contributed by atoms with van der Waals surface area (Å²) >= 11 is 0. The SMILES string of the molecule is Cc1cc(C(=O)N2CCN(C(=O)C(C)C)[C@H]3CS(=O)(=O)C[C@H]32)c(C)o1. The Balaban J connectivity index is 1.92. The molecule has 3 rings (SSSR count). The van der Waals surface area contributed by atoms with Crippen LogP contribution in [0, 0.1) is 19.8 Å². The van der Waals surface area contributed by atoms with Gasteiger partial charge in [-0.05, 0) is 19.9 Å². The number of piperazine rings is 1. The molecule has 25 heavy (non-hydrogen) atoms. The minimum atomic E-state index is -3.29. The summed E-state index contributed by atoms with van der Waals surface area (Å²) in [5, 5.41) is 0. The smallest absolute Gasteiger partial charge is 0.257 e. The Morgan fingerprint density at radius 1 is 1.12 bits per heavy atom. The Morgan fingerprint density at radius 2 is 1.68 bits per heavy atom. The third-order valence-corrected chi connectivity index (χ3v) is 6.68. The molecule has 138 valence electrons. The largest absolute Gasteiger partial charge is 0.466 e. The third-order valence-electron chi connectivity index (χ3n) is 4.99. The van der Waals surface area contributed by atoms with E-state index in [0.29, 0.717) is 30.2 Å². The Labute approximate surface area is 147 Å². The second-order valence-corrected chi connectivity index (χ2v) is 9.38. The molecule has 8 heteroatoms. The highest BCUT2D eigenvalue weighted by atomic mass is 32.2. The van der Waals surface area contributed by atoms with Crippen LogP contribution >= 0.6 is 0 Å². The molecule has 7 nitrogen and oxygen atoms in total. The molecule has 2 aliphatic heterocycles. The quantitative estimate of drug-likeness (QED) is 0.777. The van der Waals surface area contributed by atoms with Crippen LogP contribution in [0.2, 0.25) is 0 Å². The summed E-state index contributed by atoms with van der Waals surface area (Å²) in [5.74, 6) is 0.507. The summed E-state index contributed by atoms with van der Waals surface area (Å²) in [7, 11) is -3.29. The molecule has 0 aliphatic carbocycles. The maximum Gasteiger partial charge on any atom is 0.257 e. The average Bonchev–Trinajstić information content (AvgIpc) is 3.02. The normalized spacial score (nSPS) is 25.3. The molecule has 1 aromatic heterocycles. The van der Waals surface area contributed by atoms with Crippen molar-refractivity contribution >= 4 is 21.7 Å². The molecule has 1 aromatic rings. The molecule has 0 N–H and O–H groups in total. The van der Waals surface area contributed by atoms with Crippen LogP contribution in [0.1, 0.15) is 35.7 Å². The molecule has 0 aromatic carbocycles. The van der Waals surface area contributed by atoms with Crippen molar-refractivity contribution in [3.05, 3.63) is 23.2 Å². The average molecular weight is 368 g/mol. The van der Waals surface area contributed by atoms with Gasteiger partial charge in [0.25, 0.3) is 5.91 Å². The Morgan fingerprint density at radius 3 is 2.20 bits per heavy atom. The van der Waals surface area contributed by atoms with Gasteiger partial charge in [-0.2, -0.15) is 0 Å². The molecule has 0 spiro atoms. The third kappa shape index (κ3) is 3.19. The Bertz CT molecular complexity index is 811. The number of amides is 2. The lowest BCUT2D eigenvalue weighted by Crippen LogP contribution is -2.62. The summed E-state index contributed by atoms with van der Waals surface area (Å²) in [6.45, 7) is 7.78.